The summed E-state index contributed by atoms with van der Waals surface area (Å²) in [6, 6.07) is 9.16. The van der Waals surface area contributed by atoms with Crippen molar-refractivity contribution in [2.24, 2.45) is 7.05 Å². The molecule has 0 saturated carbocycles. The summed E-state index contributed by atoms with van der Waals surface area (Å²) in [4.78, 5) is 67.1. The maximum atomic E-state index is 15.3. The van der Waals surface area contributed by atoms with Crippen LogP contribution in [0.4, 0.5) is 14.5 Å². The lowest BCUT2D eigenvalue weighted by Crippen LogP contribution is -2.43. The number of nitrogens with one attached hydrogen (secondary N) is 2. The van der Waals surface area contributed by atoms with E-state index in [0.29, 0.717) is 29.0 Å². The van der Waals surface area contributed by atoms with E-state index in [1.807, 2.05) is 0 Å². The summed E-state index contributed by atoms with van der Waals surface area (Å²) in [5.41, 5.74) is -2.14. The SMILES string of the molecule is CCOc1cc(-c2ncccn2)ccc1S(=O)(=O)Nc1cc(F)c(C(=O)N[C@@H](Cc2ccc(-n3c(=O)c4ccncc4n(C)c3=O)cn2)C(=O)O)c(F)c1. The zero-order chi connectivity index (χ0) is 38.7. The van der Waals surface area contributed by atoms with E-state index in [0.717, 1.165) is 10.8 Å². The van der Waals surface area contributed by atoms with Crippen LogP contribution in [0.1, 0.15) is 23.0 Å². The number of carbonyl (C=O) groups excluding carboxylic acids is 1. The van der Waals surface area contributed by atoms with E-state index in [-0.39, 0.29) is 34.0 Å². The maximum Gasteiger partial charge on any atom is 0.335 e. The molecule has 0 aliphatic carbocycles. The topological polar surface area (TPSA) is 217 Å². The fourth-order valence-corrected chi connectivity index (χ4v) is 6.64. The Morgan fingerprint density at radius 2 is 1.69 bits per heavy atom. The number of carbonyl (C=O) groups is 2. The number of pyridine rings is 2. The number of fused-ring (bicyclic) bond motifs is 1. The number of ether oxygens (including phenoxy) is 1. The number of benzene rings is 2. The molecular formula is C35H28F2N8O8S. The van der Waals surface area contributed by atoms with E-state index in [4.69, 9.17) is 4.74 Å². The number of anilines is 1. The van der Waals surface area contributed by atoms with Crippen molar-refractivity contribution >= 4 is 38.5 Å². The van der Waals surface area contributed by atoms with Gasteiger partial charge in [-0.2, -0.15) is 0 Å². The van der Waals surface area contributed by atoms with Gasteiger partial charge in [0.05, 0.1) is 41.3 Å². The second-order valence-corrected chi connectivity index (χ2v) is 13.2. The molecule has 0 unspecified atom stereocenters. The van der Waals surface area contributed by atoms with Crippen molar-refractivity contribution in [3.63, 3.8) is 0 Å². The molecule has 0 saturated heterocycles. The normalized spacial score (nSPS) is 11.9. The molecule has 16 nitrogen and oxygen atoms in total. The summed E-state index contributed by atoms with van der Waals surface area (Å²) in [6.45, 7) is 1.71. The predicted octanol–water partition coefficient (Wildman–Crippen LogP) is 2.84. The van der Waals surface area contributed by atoms with Crippen molar-refractivity contribution in [3.8, 4) is 22.8 Å². The Bertz CT molecular complexity index is 2630. The van der Waals surface area contributed by atoms with Crippen LogP contribution in [0.2, 0.25) is 0 Å². The Balaban J connectivity index is 1.19. The summed E-state index contributed by atoms with van der Waals surface area (Å²) >= 11 is 0. The molecule has 0 aliphatic heterocycles. The number of hydrogen-bond acceptors (Lipinski definition) is 11. The lowest BCUT2D eigenvalue weighted by molar-refractivity contribution is -0.139. The zero-order valence-corrected chi connectivity index (χ0v) is 29.0. The first kappa shape index (κ1) is 36.9. The number of sulfonamides is 1. The molecule has 0 aliphatic rings. The second kappa shape index (κ2) is 15.0. The molecule has 2 aromatic carbocycles. The molecule has 6 aromatic rings. The Morgan fingerprint density at radius 3 is 2.33 bits per heavy atom. The Hall–Kier alpha value is -6.89. The molecule has 1 atom stereocenters. The summed E-state index contributed by atoms with van der Waals surface area (Å²) in [5.74, 6) is -5.77. The van der Waals surface area contributed by atoms with Gasteiger partial charge in [0.25, 0.3) is 21.5 Å². The first-order valence-corrected chi connectivity index (χ1v) is 17.4. The molecule has 1 amide bonds. The minimum absolute atomic E-state index is 0.0757. The third kappa shape index (κ3) is 7.37. The first-order chi connectivity index (χ1) is 25.8. The van der Waals surface area contributed by atoms with Gasteiger partial charge in [0.1, 0.15) is 33.9 Å². The minimum atomic E-state index is -4.51. The highest BCUT2D eigenvalue weighted by Gasteiger charge is 2.28. The van der Waals surface area contributed by atoms with Crippen LogP contribution in [0.5, 0.6) is 5.75 Å². The fourth-order valence-electron chi connectivity index (χ4n) is 5.48. The Kier molecular flexibility index (Phi) is 10.2. The lowest BCUT2D eigenvalue weighted by Gasteiger charge is -2.17. The number of carboxylic acids is 1. The molecule has 0 fully saturated rings. The van der Waals surface area contributed by atoms with Crippen molar-refractivity contribution in [1.29, 1.82) is 0 Å². The number of aromatic nitrogens is 6. The van der Waals surface area contributed by atoms with Crippen molar-refractivity contribution < 1.29 is 36.6 Å². The summed E-state index contributed by atoms with van der Waals surface area (Å²) in [5, 5.41) is 12.1. The molecule has 0 bridgehead atoms. The van der Waals surface area contributed by atoms with Crippen LogP contribution in [0.15, 0.2) is 100 Å². The quantitative estimate of drug-likeness (QED) is 0.164. The maximum absolute atomic E-state index is 15.3. The van der Waals surface area contributed by atoms with Crippen molar-refractivity contribution in [3.05, 3.63) is 129 Å². The van der Waals surface area contributed by atoms with Gasteiger partial charge in [-0.05, 0) is 61.5 Å². The lowest BCUT2D eigenvalue weighted by atomic mass is 10.1. The molecule has 0 radical (unpaired) electrons. The van der Waals surface area contributed by atoms with E-state index in [9.17, 15) is 32.7 Å². The molecule has 4 aromatic heterocycles. The van der Waals surface area contributed by atoms with Crippen LogP contribution >= 0.6 is 0 Å². The molecule has 3 N–H and O–H groups in total. The van der Waals surface area contributed by atoms with Gasteiger partial charge in [-0.3, -0.25) is 28.8 Å². The molecular weight excluding hydrogens is 730 g/mol. The summed E-state index contributed by atoms with van der Waals surface area (Å²) in [7, 11) is -3.05. The largest absolute Gasteiger partial charge is 0.492 e. The van der Waals surface area contributed by atoms with Gasteiger partial charge < -0.3 is 15.2 Å². The highest BCUT2D eigenvalue weighted by atomic mass is 32.2. The number of nitrogens with zero attached hydrogens (tertiary/aromatic N) is 6. The smallest absolute Gasteiger partial charge is 0.335 e. The second-order valence-electron chi connectivity index (χ2n) is 11.5. The average molecular weight is 759 g/mol. The number of rotatable bonds is 12. The molecule has 4 heterocycles. The van der Waals surface area contributed by atoms with E-state index in [1.54, 1.807) is 13.0 Å². The number of carboxylic acid groups (broad SMARTS) is 1. The van der Waals surface area contributed by atoms with Gasteiger partial charge in [0.15, 0.2) is 5.82 Å². The number of hydrogen-bond donors (Lipinski definition) is 3. The van der Waals surface area contributed by atoms with Crippen LogP contribution in [0.3, 0.4) is 0 Å². The highest BCUT2D eigenvalue weighted by molar-refractivity contribution is 7.92. The molecule has 54 heavy (non-hydrogen) atoms. The number of halogens is 2. The molecule has 0 spiro atoms. The number of amides is 1. The zero-order valence-electron chi connectivity index (χ0n) is 28.2. The van der Waals surface area contributed by atoms with Crippen molar-refractivity contribution in [2.45, 2.75) is 24.3 Å². The fraction of sp³-hybridized carbons (Fsp3) is 0.143. The van der Waals surface area contributed by atoms with Gasteiger partial charge in [-0.25, -0.2) is 41.3 Å². The first-order valence-electron chi connectivity index (χ1n) is 15.9. The van der Waals surface area contributed by atoms with Gasteiger partial charge in [0.2, 0.25) is 0 Å². The molecule has 6 rings (SSSR count). The van der Waals surface area contributed by atoms with Crippen LogP contribution in [0, 0.1) is 11.6 Å². The monoisotopic (exact) mass is 758 g/mol. The molecule has 19 heteroatoms. The molecule has 276 valence electrons. The summed E-state index contributed by atoms with van der Waals surface area (Å²) < 4.78 is 66.9. The predicted molar refractivity (Wildman–Crippen MR) is 189 cm³/mol. The Morgan fingerprint density at radius 1 is 0.963 bits per heavy atom. The van der Waals surface area contributed by atoms with Crippen LogP contribution < -0.4 is 26.0 Å². The minimum Gasteiger partial charge on any atom is -0.492 e. The van der Waals surface area contributed by atoms with Gasteiger partial charge in [-0.1, -0.05) is 0 Å². The Labute approximate surface area is 303 Å². The van der Waals surface area contributed by atoms with E-state index < -0.39 is 68.5 Å². The highest BCUT2D eigenvalue weighted by Crippen LogP contribution is 2.31. The number of aliphatic carboxylic acids is 1. The average Bonchev–Trinajstić information content (AvgIpc) is 3.14. The van der Waals surface area contributed by atoms with E-state index in [1.165, 1.54) is 72.8 Å². The standard InChI is InChI=1S/C35H28F2N8O8S/c1-3-53-28-13-19(31-39-10-4-11-40-31)5-8-29(28)54(51,52)43-21-14-24(36)30(25(37)15-21)32(46)42-26(34(48)49)16-20-6-7-22(17-41-20)45-33(47)23-9-12-38-18-27(23)44(2)35(45)50/h4-15,17-18,26,43H,3,16H2,1-2H3,(H,42,46)(H,48,49)/t26-/m0/s1. The van der Waals surface area contributed by atoms with Gasteiger partial charge >= 0.3 is 11.7 Å². The third-order valence-electron chi connectivity index (χ3n) is 8.04. The van der Waals surface area contributed by atoms with Crippen LogP contribution in [-0.4, -0.2) is 67.1 Å². The van der Waals surface area contributed by atoms with Crippen LogP contribution in [0.25, 0.3) is 28.0 Å². The van der Waals surface area contributed by atoms with Gasteiger partial charge in [-0.15, -0.1) is 0 Å². The van der Waals surface area contributed by atoms with Crippen molar-refractivity contribution in [1.82, 2.24) is 34.4 Å². The van der Waals surface area contributed by atoms with Gasteiger partial charge in [0, 0.05) is 43.3 Å². The summed E-state index contributed by atoms with van der Waals surface area (Å²) in [6.07, 6.45) is 6.48. The van der Waals surface area contributed by atoms with E-state index in [2.05, 4.69) is 30.0 Å². The van der Waals surface area contributed by atoms with Crippen molar-refractivity contribution in [2.75, 3.05) is 11.3 Å². The third-order valence-corrected chi connectivity index (χ3v) is 9.46. The van der Waals surface area contributed by atoms with E-state index >= 15 is 8.78 Å². The van der Waals surface area contributed by atoms with Crippen LogP contribution in [-0.2, 0) is 28.3 Å². The number of aryl methyl sites for hydroxylation is 1.